The van der Waals surface area contributed by atoms with E-state index in [9.17, 15) is 18.0 Å². The predicted molar refractivity (Wildman–Crippen MR) is 154 cm³/mol. The van der Waals surface area contributed by atoms with E-state index >= 15 is 0 Å². The molecule has 1 N–H and O–H groups in total. The Labute approximate surface area is 235 Å². The molecule has 2 amide bonds. The van der Waals surface area contributed by atoms with Gasteiger partial charge in [-0.3, -0.25) is 13.9 Å². The van der Waals surface area contributed by atoms with Gasteiger partial charge in [0.2, 0.25) is 11.8 Å². The number of halogens is 1. The minimum absolute atomic E-state index is 0.0373. The van der Waals surface area contributed by atoms with Crippen LogP contribution in [-0.4, -0.2) is 51.9 Å². The lowest BCUT2D eigenvalue weighted by molar-refractivity contribution is -0.140. The Balaban J connectivity index is 2.09. The molecule has 0 aliphatic heterocycles. The van der Waals surface area contributed by atoms with Gasteiger partial charge >= 0.3 is 0 Å². The number of nitrogens with zero attached hydrogens (tertiary/aromatic N) is 2. The van der Waals surface area contributed by atoms with Crippen molar-refractivity contribution in [1.82, 2.24) is 10.2 Å². The minimum atomic E-state index is -4.16. The van der Waals surface area contributed by atoms with Crippen LogP contribution in [-0.2, 0) is 26.2 Å². The number of carbonyl (C=O) groups is 2. The van der Waals surface area contributed by atoms with Gasteiger partial charge in [-0.05, 0) is 67.8 Å². The first-order valence-electron chi connectivity index (χ1n) is 12.5. The van der Waals surface area contributed by atoms with Crippen molar-refractivity contribution in [2.45, 2.75) is 44.7 Å². The van der Waals surface area contributed by atoms with Gasteiger partial charge < -0.3 is 15.0 Å². The van der Waals surface area contributed by atoms with Crippen LogP contribution in [0.5, 0.6) is 5.75 Å². The highest BCUT2D eigenvalue weighted by molar-refractivity contribution is 7.92. The number of amides is 2. The van der Waals surface area contributed by atoms with Crippen LogP contribution >= 0.6 is 11.6 Å². The van der Waals surface area contributed by atoms with E-state index in [1.54, 1.807) is 63.4 Å². The quantitative estimate of drug-likeness (QED) is 0.359. The van der Waals surface area contributed by atoms with E-state index in [1.165, 1.54) is 30.1 Å². The van der Waals surface area contributed by atoms with Crippen LogP contribution in [0, 0.1) is 13.8 Å². The lowest BCUT2D eigenvalue weighted by Crippen LogP contribution is -2.51. The molecule has 0 fully saturated rings. The first-order valence-corrected chi connectivity index (χ1v) is 14.3. The summed E-state index contributed by atoms with van der Waals surface area (Å²) in [6, 6.07) is 17.6. The smallest absolute Gasteiger partial charge is 0.264 e. The van der Waals surface area contributed by atoms with Crippen molar-refractivity contribution >= 4 is 39.1 Å². The van der Waals surface area contributed by atoms with Crippen molar-refractivity contribution < 1.29 is 22.7 Å². The molecule has 0 radical (unpaired) electrons. The molecule has 10 heteroatoms. The summed E-state index contributed by atoms with van der Waals surface area (Å²) >= 11 is 6.36. The summed E-state index contributed by atoms with van der Waals surface area (Å²) in [4.78, 5) is 28.2. The first-order chi connectivity index (χ1) is 18.5. The molecule has 39 heavy (non-hydrogen) atoms. The highest BCUT2D eigenvalue weighted by atomic mass is 35.5. The molecule has 0 aliphatic carbocycles. The number of carbonyl (C=O) groups excluding carboxylic acids is 2. The van der Waals surface area contributed by atoms with Gasteiger partial charge in [0.05, 0.1) is 17.7 Å². The van der Waals surface area contributed by atoms with E-state index in [1.807, 2.05) is 13.0 Å². The largest absolute Gasteiger partial charge is 0.497 e. The number of sulfonamides is 1. The molecule has 0 saturated carbocycles. The molecule has 0 aliphatic rings. The zero-order chi connectivity index (χ0) is 28.7. The molecule has 208 valence electrons. The molecule has 3 aromatic rings. The number of anilines is 1. The van der Waals surface area contributed by atoms with Crippen molar-refractivity contribution in [3.63, 3.8) is 0 Å². The van der Waals surface area contributed by atoms with Gasteiger partial charge in [0.25, 0.3) is 10.0 Å². The molecule has 0 bridgehead atoms. The molecule has 1 atom stereocenters. The van der Waals surface area contributed by atoms with Crippen LogP contribution in [0.4, 0.5) is 5.69 Å². The first kappa shape index (κ1) is 30.0. The van der Waals surface area contributed by atoms with E-state index in [-0.39, 0.29) is 23.0 Å². The molecule has 0 spiro atoms. The van der Waals surface area contributed by atoms with Crippen molar-refractivity contribution in [3.8, 4) is 5.75 Å². The molecule has 0 saturated heterocycles. The zero-order valence-electron chi connectivity index (χ0n) is 22.8. The lowest BCUT2D eigenvalue weighted by atomic mass is 10.1. The molecule has 0 aromatic heterocycles. The molecule has 1 unspecified atom stereocenters. The van der Waals surface area contributed by atoms with Gasteiger partial charge in [0, 0.05) is 18.6 Å². The highest BCUT2D eigenvalue weighted by Crippen LogP contribution is 2.29. The maximum Gasteiger partial charge on any atom is 0.264 e. The third-order valence-electron chi connectivity index (χ3n) is 6.45. The van der Waals surface area contributed by atoms with Crippen molar-refractivity contribution in [2.75, 3.05) is 25.0 Å². The fraction of sp³-hybridized carbons (Fsp3) is 0.310. The van der Waals surface area contributed by atoms with Gasteiger partial charge in [-0.15, -0.1) is 0 Å². The Hall–Kier alpha value is -3.56. The Kier molecular flexibility index (Phi) is 9.99. The number of nitrogens with one attached hydrogen (secondary N) is 1. The van der Waals surface area contributed by atoms with Crippen molar-refractivity contribution in [3.05, 3.63) is 88.4 Å². The van der Waals surface area contributed by atoms with Crippen LogP contribution in [0.3, 0.4) is 0 Å². The van der Waals surface area contributed by atoms with Crippen LogP contribution < -0.4 is 14.4 Å². The van der Waals surface area contributed by atoms with E-state index in [0.29, 0.717) is 17.2 Å². The molecule has 8 nitrogen and oxygen atoms in total. The SMILES string of the molecule is CCC(C(=O)NC)N(Cc1cccc(OC)c1)C(=O)CN(c1ccc(C)c(Cl)c1)S(=O)(=O)c1ccc(C)cc1. The average Bonchev–Trinajstić information content (AvgIpc) is 2.93. The Morgan fingerprint density at radius 1 is 1.03 bits per heavy atom. The number of methoxy groups -OCH3 is 1. The van der Waals surface area contributed by atoms with E-state index in [0.717, 1.165) is 21.0 Å². The van der Waals surface area contributed by atoms with E-state index < -0.39 is 28.5 Å². The molecule has 0 heterocycles. The second kappa shape index (κ2) is 13.0. The van der Waals surface area contributed by atoms with Crippen LogP contribution in [0.15, 0.2) is 71.6 Å². The summed E-state index contributed by atoms with van der Waals surface area (Å²) in [5, 5.41) is 2.98. The number of ether oxygens (including phenoxy) is 1. The number of hydrogen-bond acceptors (Lipinski definition) is 5. The monoisotopic (exact) mass is 571 g/mol. The number of hydrogen-bond donors (Lipinski definition) is 1. The maximum absolute atomic E-state index is 14.0. The topological polar surface area (TPSA) is 96.0 Å². The standard InChI is InChI=1S/C29H34ClN3O5S/c1-6-27(29(35)31-4)32(18-22-8-7-9-24(16-22)38-5)28(34)19-33(23-13-12-21(3)26(30)17-23)39(36,37)25-14-10-20(2)11-15-25/h7-17,27H,6,18-19H2,1-5H3,(H,31,35). The van der Waals surface area contributed by atoms with E-state index in [4.69, 9.17) is 16.3 Å². The molecule has 3 aromatic carbocycles. The van der Waals surface area contributed by atoms with Crippen LogP contribution in [0.2, 0.25) is 5.02 Å². The van der Waals surface area contributed by atoms with E-state index in [2.05, 4.69) is 5.32 Å². The third-order valence-corrected chi connectivity index (χ3v) is 8.65. The normalized spacial score (nSPS) is 11.9. The number of aryl methyl sites for hydroxylation is 2. The predicted octanol–water partition coefficient (Wildman–Crippen LogP) is 4.71. The maximum atomic E-state index is 14.0. The highest BCUT2D eigenvalue weighted by Gasteiger charge is 2.33. The Bertz CT molecular complexity index is 1430. The fourth-order valence-corrected chi connectivity index (χ4v) is 5.74. The van der Waals surface area contributed by atoms with Gasteiger partial charge in [-0.25, -0.2) is 8.42 Å². The van der Waals surface area contributed by atoms with Gasteiger partial charge in [0.1, 0.15) is 18.3 Å². The fourth-order valence-electron chi connectivity index (χ4n) is 4.16. The minimum Gasteiger partial charge on any atom is -0.497 e. The van der Waals surface area contributed by atoms with Crippen molar-refractivity contribution in [1.29, 1.82) is 0 Å². The summed E-state index contributed by atoms with van der Waals surface area (Å²) in [5.74, 6) is -0.286. The van der Waals surface area contributed by atoms with Gasteiger partial charge in [-0.2, -0.15) is 0 Å². The van der Waals surface area contributed by atoms with Crippen LogP contribution in [0.1, 0.15) is 30.0 Å². The summed E-state index contributed by atoms with van der Waals surface area (Å²) in [5.41, 5.74) is 2.64. The third kappa shape index (κ3) is 7.10. The molecular weight excluding hydrogens is 538 g/mol. The molecular formula is C29H34ClN3O5S. The van der Waals surface area contributed by atoms with Gasteiger partial charge in [-0.1, -0.05) is 54.4 Å². The van der Waals surface area contributed by atoms with Crippen LogP contribution in [0.25, 0.3) is 0 Å². The molecule has 3 rings (SSSR count). The number of benzene rings is 3. The number of likely N-dealkylation sites (N-methyl/N-ethyl adjacent to an activating group) is 1. The second-order valence-electron chi connectivity index (χ2n) is 9.17. The summed E-state index contributed by atoms with van der Waals surface area (Å²) in [6.07, 6.45) is 0.330. The summed E-state index contributed by atoms with van der Waals surface area (Å²) < 4.78 is 34.1. The number of rotatable bonds is 11. The summed E-state index contributed by atoms with van der Waals surface area (Å²) in [7, 11) is -1.12. The Morgan fingerprint density at radius 2 is 1.72 bits per heavy atom. The van der Waals surface area contributed by atoms with Crippen molar-refractivity contribution in [2.24, 2.45) is 0 Å². The zero-order valence-corrected chi connectivity index (χ0v) is 24.3. The van der Waals surface area contributed by atoms with Gasteiger partial charge in [0.15, 0.2) is 0 Å². The lowest BCUT2D eigenvalue weighted by Gasteiger charge is -2.33. The second-order valence-corrected chi connectivity index (χ2v) is 11.4. The summed E-state index contributed by atoms with van der Waals surface area (Å²) in [6.45, 7) is 5.01. The Morgan fingerprint density at radius 3 is 2.31 bits per heavy atom. The average molecular weight is 572 g/mol.